The second-order valence-electron chi connectivity index (χ2n) is 6.90. The first-order valence-electron chi connectivity index (χ1n) is 9.41. The number of halogens is 1. The van der Waals surface area contributed by atoms with Gasteiger partial charge in [0.05, 0.1) is 0 Å². The molecule has 27 heavy (non-hydrogen) atoms. The second kappa shape index (κ2) is 8.05. The van der Waals surface area contributed by atoms with Crippen LogP contribution in [0.5, 0.6) is 0 Å². The Kier molecular flexibility index (Phi) is 5.34. The van der Waals surface area contributed by atoms with E-state index in [4.69, 9.17) is 11.6 Å². The van der Waals surface area contributed by atoms with Gasteiger partial charge in [-0.15, -0.1) is 0 Å². The maximum absolute atomic E-state index is 12.9. The van der Waals surface area contributed by atoms with Crippen molar-refractivity contribution >= 4 is 29.1 Å². The van der Waals surface area contributed by atoms with Crippen LogP contribution in [0.2, 0.25) is 5.02 Å². The Morgan fingerprint density at radius 2 is 1.48 bits per heavy atom. The molecule has 7 heteroatoms. The maximum Gasteiger partial charge on any atom is 0.320 e. The first-order valence-corrected chi connectivity index (χ1v) is 9.79. The average Bonchev–Trinajstić information content (AvgIpc) is 2.74. The van der Waals surface area contributed by atoms with E-state index in [1.54, 1.807) is 0 Å². The highest BCUT2D eigenvalue weighted by Gasteiger charge is 2.28. The van der Waals surface area contributed by atoms with Crippen molar-refractivity contribution in [3.05, 3.63) is 53.7 Å². The monoisotopic (exact) mass is 385 g/mol. The summed E-state index contributed by atoms with van der Waals surface area (Å²) in [5.74, 6) is 0.986. The van der Waals surface area contributed by atoms with Gasteiger partial charge in [-0.2, -0.15) is 0 Å². The molecule has 0 aliphatic carbocycles. The van der Waals surface area contributed by atoms with E-state index in [-0.39, 0.29) is 6.03 Å². The van der Waals surface area contributed by atoms with Gasteiger partial charge in [0, 0.05) is 69.3 Å². The predicted molar refractivity (Wildman–Crippen MR) is 109 cm³/mol. The highest BCUT2D eigenvalue weighted by atomic mass is 35.5. The number of urea groups is 1. The summed E-state index contributed by atoms with van der Waals surface area (Å²) in [6, 6.07) is 14.0. The lowest BCUT2D eigenvalue weighted by molar-refractivity contribution is 0.147. The van der Waals surface area contributed by atoms with E-state index in [0.29, 0.717) is 0 Å². The summed E-state index contributed by atoms with van der Waals surface area (Å²) in [7, 11) is 0. The SMILES string of the molecule is O=C(N1CCN(c2cccc(Cl)c2)CC1)N1CCN(c2ccccn2)CC1. The third-order valence-corrected chi connectivity index (χ3v) is 5.48. The molecule has 2 amide bonds. The number of amides is 2. The summed E-state index contributed by atoms with van der Waals surface area (Å²) < 4.78 is 0. The van der Waals surface area contributed by atoms with Crippen LogP contribution in [0, 0.1) is 0 Å². The van der Waals surface area contributed by atoms with Crippen molar-refractivity contribution in [3.63, 3.8) is 0 Å². The van der Waals surface area contributed by atoms with E-state index < -0.39 is 0 Å². The molecule has 2 aromatic rings. The fraction of sp³-hybridized carbons (Fsp3) is 0.400. The van der Waals surface area contributed by atoms with Crippen molar-refractivity contribution in [2.75, 3.05) is 62.2 Å². The first-order chi connectivity index (χ1) is 13.2. The number of aromatic nitrogens is 1. The molecule has 0 N–H and O–H groups in total. The quantitative estimate of drug-likeness (QED) is 0.797. The van der Waals surface area contributed by atoms with Crippen molar-refractivity contribution in [1.82, 2.24) is 14.8 Å². The summed E-state index contributed by atoms with van der Waals surface area (Å²) in [6.07, 6.45) is 1.81. The summed E-state index contributed by atoms with van der Waals surface area (Å²) in [6.45, 7) is 6.28. The van der Waals surface area contributed by atoms with Crippen molar-refractivity contribution < 1.29 is 4.79 Å². The zero-order valence-electron chi connectivity index (χ0n) is 15.3. The molecule has 2 fully saturated rings. The predicted octanol–water partition coefficient (Wildman–Crippen LogP) is 2.80. The summed E-state index contributed by atoms with van der Waals surface area (Å²) in [4.78, 5) is 25.7. The number of carbonyl (C=O) groups is 1. The van der Waals surface area contributed by atoms with Crippen molar-refractivity contribution in [1.29, 1.82) is 0 Å². The third kappa shape index (κ3) is 4.11. The van der Waals surface area contributed by atoms with Crippen molar-refractivity contribution in [3.8, 4) is 0 Å². The van der Waals surface area contributed by atoms with Crippen LogP contribution in [0.3, 0.4) is 0 Å². The Balaban J connectivity index is 1.29. The van der Waals surface area contributed by atoms with Gasteiger partial charge in [0.2, 0.25) is 0 Å². The number of hydrogen-bond acceptors (Lipinski definition) is 4. The van der Waals surface area contributed by atoms with Crippen molar-refractivity contribution in [2.24, 2.45) is 0 Å². The van der Waals surface area contributed by atoms with Gasteiger partial charge in [0.25, 0.3) is 0 Å². The van der Waals surface area contributed by atoms with Gasteiger partial charge in [-0.25, -0.2) is 9.78 Å². The van der Waals surface area contributed by atoms with Crippen LogP contribution in [0.1, 0.15) is 0 Å². The number of nitrogens with zero attached hydrogens (tertiary/aromatic N) is 5. The van der Waals surface area contributed by atoms with Gasteiger partial charge < -0.3 is 19.6 Å². The van der Waals surface area contributed by atoms with E-state index in [1.165, 1.54) is 0 Å². The lowest BCUT2D eigenvalue weighted by Gasteiger charge is -2.41. The molecule has 142 valence electrons. The summed E-state index contributed by atoms with van der Waals surface area (Å²) in [5, 5.41) is 0.747. The van der Waals surface area contributed by atoms with E-state index in [2.05, 4.69) is 20.9 Å². The zero-order chi connectivity index (χ0) is 18.6. The highest BCUT2D eigenvalue weighted by molar-refractivity contribution is 6.30. The van der Waals surface area contributed by atoms with Crippen LogP contribution >= 0.6 is 11.6 Å². The van der Waals surface area contributed by atoms with E-state index >= 15 is 0 Å². The number of pyridine rings is 1. The van der Waals surface area contributed by atoms with Crippen LogP contribution in [0.15, 0.2) is 48.7 Å². The number of hydrogen-bond donors (Lipinski definition) is 0. The smallest absolute Gasteiger partial charge is 0.320 e. The third-order valence-electron chi connectivity index (χ3n) is 5.25. The van der Waals surface area contributed by atoms with Gasteiger partial charge in [-0.05, 0) is 30.3 Å². The molecule has 4 rings (SSSR count). The van der Waals surface area contributed by atoms with Crippen LogP contribution in [-0.4, -0.2) is 73.2 Å². The van der Waals surface area contributed by atoms with E-state index in [9.17, 15) is 4.79 Å². The fourth-order valence-corrected chi connectivity index (χ4v) is 3.88. The fourth-order valence-electron chi connectivity index (χ4n) is 3.70. The Labute approximate surface area is 164 Å². The molecular weight excluding hydrogens is 362 g/mol. The lowest BCUT2D eigenvalue weighted by Crippen LogP contribution is -2.57. The molecule has 3 heterocycles. The van der Waals surface area contributed by atoms with E-state index in [1.807, 2.05) is 52.4 Å². The summed E-state index contributed by atoms with van der Waals surface area (Å²) >= 11 is 6.09. The molecule has 0 unspecified atom stereocenters. The molecule has 6 nitrogen and oxygen atoms in total. The molecule has 0 radical (unpaired) electrons. The topological polar surface area (TPSA) is 42.9 Å². The zero-order valence-corrected chi connectivity index (χ0v) is 16.1. The highest BCUT2D eigenvalue weighted by Crippen LogP contribution is 2.21. The maximum atomic E-state index is 12.9. The number of benzene rings is 1. The molecule has 1 aromatic carbocycles. The minimum atomic E-state index is 0.154. The summed E-state index contributed by atoms with van der Waals surface area (Å²) in [5.41, 5.74) is 1.12. The molecule has 0 atom stereocenters. The lowest BCUT2D eigenvalue weighted by atomic mass is 10.2. The van der Waals surface area contributed by atoms with E-state index in [0.717, 1.165) is 68.9 Å². The van der Waals surface area contributed by atoms with Crippen LogP contribution in [0.4, 0.5) is 16.3 Å². The second-order valence-corrected chi connectivity index (χ2v) is 7.34. The molecular formula is C20H24ClN5O. The average molecular weight is 386 g/mol. The Hall–Kier alpha value is -2.47. The van der Waals surface area contributed by atoms with Gasteiger partial charge in [-0.3, -0.25) is 0 Å². The van der Waals surface area contributed by atoms with Crippen LogP contribution in [0.25, 0.3) is 0 Å². The number of piperazine rings is 2. The first kappa shape index (κ1) is 17.9. The van der Waals surface area contributed by atoms with Gasteiger partial charge in [0.1, 0.15) is 5.82 Å². The van der Waals surface area contributed by atoms with Crippen LogP contribution < -0.4 is 9.80 Å². The molecule has 0 bridgehead atoms. The standard InChI is InChI=1S/C20H24ClN5O/c21-17-4-3-5-18(16-17)23-8-12-25(13-9-23)20(27)26-14-10-24(11-15-26)19-6-1-2-7-22-19/h1-7,16H,8-15H2. The molecule has 2 aliphatic rings. The number of anilines is 2. The number of carbonyl (C=O) groups excluding carboxylic acids is 1. The molecule has 1 aromatic heterocycles. The molecule has 0 saturated carbocycles. The minimum absolute atomic E-state index is 0.154. The van der Waals surface area contributed by atoms with Gasteiger partial charge >= 0.3 is 6.03 Å². The largest absolute Gasteiger partial charge is 0.368 e. The Morgan fingerprint density at radius 3 is 2.07 bits per heavy atom. The minimum Gasteiger partial charge on any atom is -0.368 e. The molecule has 2 aliphatic heterocycles. The van der Waals surface area contributed by atoms with Gasteiger partial charge in [-0.1, -0.05) is 23.7 Å². The number of rotatable bonds is 2. The Bertz CT molecular complexity index is 771. The normalized spacial score (nSPS) is 18.0. The van der Waals surface area contributed by atoms with Gasteiger partial charge in [0.15, 0.2) is 0 Å². The molecule has 0 spiro atoms. The van der Waals surface area contributed by atoms with Crippen molar-refractivity contribution in [2.45, 2.75) is 0 Å². The Morgan fingerprint density at radius 1 is 0.815 bits per heavy atom. The molecule has 2 saturated heterocycles. The van der Waals surface area contributed by atoms with Crippen LogP contribution in [-0.2, 0) is 0 Å².